The van der Waals surface area contributed by atoms with E-state index in [1.165, 1.54) is 0 Å². The second-order valence-corrected chi connectivity index (χ2v) is 8.09. The number of nitrogens with one attached hydrogen (secondary N) is 2. The molecular formula is C25H21ClN6O2. The van der Waals surface area contributed by atoms with Crippen molar-refractivity contribution in [3.63, 3.8) is 0 Å². The average molecular weight is 473 g/mol. The third-order valence-corrected chi connectivity index (χ3v) is 5.92. The summed E-state index contributed by atoms with van der Waals surface area (Å²) < 4.78 is 7.09. The summed E-state index contributed by atoms with van der Waals surface area (Å²) >= 11 is 6.61. The van der Waals surface area contributed by atoms with Gasteiger partial charge in [-0.05, 0) is 37.3 Å². The summed E-state index contributed by atoms with van der Waals surface area (Å²) in [4.78, 5) is 22.5. The number of nitrogens with zero attached hydrogens (tertiary/aromatic N) is 4. The van der Waals surface area contributed by atoms with E-state index < -0.39 is 6.04 Å². The average Bonchev–Trinajstić information content (AvgIpc) is 3.28. The van der Waals surface area contributed by atoms with Crippen LogP contribution in [0.3, 0.4) is 0 Å². The topological polar surface area (TPSA) is 94.0 Å². The van der Waals surface area contributed by atoms with E-state index in [9.17, 15) is 4.79 Å². The Labute approximate surface area is 201 Å². The number of amides is 1. The monoisotopic (exact) mass is 472 g/mol. The molecule has 0 unspecified atom stereocenters. The maximum atomic E-state index is 13.6. The number of carbonyl (C=O) groups excluding carboxylic acids is 1. The minimum absolute atomic E-state index is 0.302. The first-order chi connectivity index (χ1) is 16.6. The highest BCUT2D eigenvalue weighted by Crippen LogP contribution is 2.39. The molecule has 4 aromatic rings. The maximum absolute atomic E-state index is 13.6. The highest BCUT2D eigenvalue weighted by molar-refractivity contribution is 6.31. The first kappa shape index (κ1) is 21.7. The number of allylic oxidation sites excluding steroid dienone is 1. The molecule has 0 saturated carbocycles. The van der Waals surface area contributed by atoms with Crippen LogP contribution in [0.15, 0.2) is 84.3 Å². The molecular weight excluding hydrogens is 452 g/mol. The van der Waals surface area contributed by atoms with E-state index in [0.717, 1.165) is 11.1 Å². The summed E-state index contributed by atoms with van der Waals surface area (Å²) in [6, 6.07) is 17.8. The van der Waals surface area contributed by atoms with Crippen LogP contribution < -0.4 is 15.4 Å². The van der Waals surface area contributed by atoms with Crippen molar-refractivity contribution in [2.24, 2.45) is 0 Å². The molecule has 0 saturated heterocycles. The molecule has 9 heteroatoms. The number of para-hydroxylation sites is 2. The van der Waals surface area contributed by atoms with Gasteiger partial charge in [-0.2, -0.15) is 4.98 Å². The Kier molecular flexibility index (Phi) is 5.73. The van der Waals surface area contributed by atoms with Gasteiger partial charge in [0.25, 0.3) is 5.91 Å². The molecule has 5 rings (SSSR count). The number of carbonyl (C=O) groups is 1. The number of pyridine rings is 1. The summed E-state index contributed by atoms with van der Waals surface area (Å²) in [5.74, 6) is 1.26. The van der Waals surface area contributed by atoms with Crippen molar-refractivity contribution >= 4 is 29.1 Å². The highest BCUT2D eigenvalue weighted by atomic mass is 35.5. The Balaban J connectivity index is 1.62. The van der Waals surface area contributed by atoms with Gasteiger partial charge in [0.2, 0.25) is 5.95 Å². The fourth-order valence-electron chi connectivity index (χ4n) is 3.98. The van der Waals surface area contributed by atoms with Gasteiger partial charge < -0.3 is 15.4 Å². The van der Waals surface area contributed by atoms with Gasteiger partial charge in [0.1, 0.15) is 11.8 Å². The zero-order chi connectivity index (χ0) is 23.7. The molecule has 0 fully saturated rings. The number of aromatic nitrogens is 4. The minimum Gasteiger partial charge on any atom is -0.495 e. The molecule has 2 N–H and O–H groups in total. The molecule has 1 amide bonds. The number of benzene rings is 2. The number of hydrogen-bond acceptors (Lipinski definition) is 6. The van der Waals surface area contributed by atoms with E-state index >= 15 is 0 Å². The van der Waals surface area contributed by atoms with Gasteiger partial charge in [-0.3, -0.25) is 9.78 Å². The standard InChI is InChI=1S/C25H21ClN6O2/c1-15-21(24(33)29-19-11-5-6-12-20(19)34-2)22(17-9-3-4-10-18(17)26)32-25(28-15)30-23(31-32)16-8-7-13-27-14-16/h3-14,22H,1-2H3,(H,29,33)(H,28,30,31)/t22-/m1/s1. The van der Waals surface area contributed by atoms with E-state index in [4.69, 9.17) is 21.4 Å². The molecule has 2 aromatic heterocycles. The van der Waals surface area contributed by atoms with Crippen LogP contribution in [0.4, 0.5) is 11.6 Å². The maximum Gasteiger partial charge on any atom is 0.255 e. The molecule has 8 nitrogen and oxygen atoms in total. The van der Waals surface area contributed by atoms with Crippen molar-refractivity contribution in [2.45, 2.75) is 13.0 Å². The largest absolute Gasteiger partial charge is 0.495 e. The van der Waals surface area contributed by atoms with Crippen LogP contribution in [0.5, 0.6) is 5.75 Å². The minimum atomic E-state index is -0.599. The van der Waals surface area contributed by atoms with Crippen molar-refractivity contribution in [2.75, 3.05) is 17.7 Å². The molecule has 1 atom stereocenters. The summed E-state index contributed by atoms with van der Waals surface area (Å²) in [6.07, 6.45) is 3.39. The smallest absolute Gasteiger partial charge is 0.255 e. The lowest BCUT2D eigenvalue weighted by Crippen LogP contribution is -2.31. The molecule has 0 radical (unpaired) electrons. The zero-order valence-corrected chi connectivity index (χ0v) is 19.2. The molecule has 1 aliphatic heterocycles. The number of anilines is 2. The van der Waals surface area contributed by atoms with Crippen LogP contribution in [0, 0.1) is 0 Å². The Morgan fingerprint density at radius 3 is 2.68 bits per heavy atom. The quantitative estimate of drug-likeness (QED) is 0.427. The Hall–Kier alpha value is -4.17. The van der Waals surface area contributed by atoms with Gasteiger partial charge in [-0.1, -0.05) is 41.9 Å². The Morgan fingerprint density at radius 1 is 1.12 bits per heavy atom. The van der Waals surface area contributed by atoms with Crippen molar-refractivity contribution in [1.29, 1.82) is 0 Å². The molecule has 170 valence electrons. The fourth-order valence-corrected chi connectivity index (χ4v) is 4.22. The summed E-state index contributed by atoms with van der Waals surface area (Å²) in [6.45, 7) is 1.84. The Morgan fingerprint density at radius 2 is 1.91 bits per heavy atom. The fraction of sp³-hybridized carbons (Fsp3) is 0.120. The number of fused-ring (bicyclic) bond motifs is 1. The van der Waals surface area contributed by atoms with Crippen molar-refractivity contribution in [3.8, 4) is 17.1 Å². The molecule has 0 bridgehead atoms. The molecule has 0 spiro atoms. The first-order valence-corrected chi connectivity index (χ1v) is 11.0. The SMILES string of the molecule is COc1ccccc1NC(=O)C1=C(C)Nc2nc(-c3cccnc3)nn2[C@@H]1c1ccccc1Cl. The van der Waals surface area contributed by atoms with Gasteiger partial charge in [0.05, 0.1) is 18.4 Å². The van der Waals surface area contributed by atoms with Crippen molar-refractivity contribution < 1.29 is 9.53 Å². The normalized spacial score (nSPS) is 14.9. The van der Waals surface area contributed by atoms with E-state index in [2.05, 4.69) is 20.6 Å². The Bertz CT molecular complexity index is 1400. The van der Waals surface area contributed by atoms with Gasteiger partial charge in [0.15, 0.2) is 5.82 Å². The number of ether oxygens (including phenoxy) is 1. The van der Waals surface area contributed by atoms with Gasteiger partial charge >= 0.3 is 0 Å². The lowest BCUT2D eigenvalue weighted by atomic mass is 9.95. The predicted octanol–water partition coefficient (Wildman–Crippen LogP) is 4.93. The lowest BCUT2D eigenvalue weighted by Gasteiger charge is -2.29. The number of halogens is 1. The van der Waals surface area contributed by atoms with Crippen molar-refractivity contribution in [1.82, 2.24) is 19.7 Å². The van der Waals surface area contributed by atoms with E-state index in [0.29, 0.717) is 39.5 Å². The second-order valence-electron chi connectivity index (χ2n) is 7.69. The molecule has 1 aliphatic rings. The summed E-state index contributed by atoms with van der Waals surface area (Å²) in [7, 11) is 1.56. The van der Waals surface area contributed by atoms with Crippen LogP contribution in [0.2, 0.25) is 5.02 Å². The molecule has 0 aliphatic carbocycles. The van der Waals surface area contributed by atoms with Crippen LogP contribution in [0.1, 0.15) is 18.5 Å². The van der Waals surface area contributed by atoms with E-state index in [1.807, 2.05) is 49.4 Å². The van der Waals surface area contributed by atoms with Crippen LogP contribution in [-0.2, 0) is 4.79 Å². The molecule has 3 heterocycles. The first-order valence-electron chi connectivity index (χ1n) is 10.6. The predicted molar refractivity (Wildman–Crippen MR) is 131 cm³/mol. The summed E-state index contributed by atoms with van der Waals surface area (Å²) in [5.41, 5.74) is 3.18. The second kappa shape index (κ2) is 8.99. The zero-order valence-electron chi connectivity index (χ0n) is 18.5. The van der Waals surface area contributed by atoms with Gasteiger partial charge in [-0.25, -0.2) is 4.68 Å². The molecule has 2 aromatic carbocycles. The van der Waals surface area contributed by atoms with Crippen LogP contribution in [0.25, 0.3) is 11.4 Å². The highest BCUT2D eigenvalue weighted by Gasteiger charge is 2.35. The van der Waals surface area contributed by atoms with Crippen LogP contribution in [-0.4, -0.2) is 32.8 Å². The lowest BCUT2D eigenvalue weighted by molar-refractivity contribution is -0.113. The third kappa shape index (κ3) is 3.88. The number of rotatable bonds is 5. The molecule has 34 heavy (non-hydrogen) atoms. The third-order valence-electron chi connectivity index (χ3n) is 5.57. The van der Waals surface area contributed by atoms with Gasteiger partial charge in [0, 0.05) is 34.2 Å². The van der Waals surface area contributed by atoms with Crippen molar-refractivity contribution in [3.05, 3.63) is 94.9 Å². The van der Waals surface area contributed by atoms with Crippen LogP contribution >= 0.6 is 11.6 Å². The van der Waals surface area contributed by atoms with E-state index in [-0.39, 0.29) is 5.91 Å². The number of hydrogen-bond donors (Lipinski definition) is 2. The van der Waals surface area contributed by atoms with E-state index in [1.54, 1.807) is 42.4 Å². The van der Waals surface area contributed by atoms with Gasteiger partial charge in [-0.15, -0.1) is 5.10 Å². The number of methoxy groups -OCH3 is 1. The summed E-state index contributed by atoms with van der Waals surface area (Å²) in [5, 5.41) is 11.5.